The highest BCUT2D eigenvalue weighted by atomic mass is 79.9. The molecule has 0 saturated carbocycles. The molecule has 1 N–H and O–H groups in total. The van der Waals surface area contributed by atoms with Gasteiger partial charge in [-0.25, -0.2) is 0 Å². The fraction of sp³-hybridized carbons (Fsp3) is 0.0968. The van der Waals surface area contributed by atoms with E-state index in [-0.39, 0.29) is 12.2 Å². The van der Waals surface area contributed by atoms with Gasteiger partial charge in [-0.3, -0.25) is 4.79 Å². The number of nitrogens with zero attached hydrogens (tertiary/aromatic N) is 1. The van der Waals surface area contributed by atoms with E-state index >= 15 is 0 Å². The second-order valence-corrected chi connectivity index (χ2v) is 11.2. The second kappa shape index (κ2) is 14.4. The van der Waals surface area contributed by atoms with Crippen LogP contribution in [0.5, 0.6) is 17.2 Å². The molecule has 4 aromatic rings. The van der Waals surface area contributed by atoms with Gasteiger partial charge in [-0.2, -0.15) is 5.26 Å². The summed E-state index contributed by atoms with van der Waals surface area (Å²) < 4.78 is 18.9. The first kappa shape index (κ1) is 30.5. The van der Waals surface area contributed by atoms with Crippen molar-refractivity contribution in [1.29, 1.82) is 5.26 Å². The van der Waals surface area contributed by atoms with Gasteiger partial charge >= 0.3 is 0 Å². The number of benzene rings is 4. The molecule has 0 aromatic heterocycles. The lowest BCUT2D eigenvalue weighted by Gasteiger charge is -2.14. The van der Waals surface area contributed by atoms with Gasteiger partial charge in [0.25, 0.3) is 5.91 Å². The molecule has 1 amide bonds. The lowest BCUT2D eigenvalue weighted by molar-refractivity contribution is -0.112. The topological polar surface area (TPSA) is 80.6 Å². The van der Waals surface area contributed by atoms with E-state index in [4.69, 9.17) is 37.4 Å². The van der Waals surface area contributed by atoms with Gasteiger partial charge in [0.05, 0.1) is 11.6 Å². The summed E-state index contributed by atoms with van der Waals surface area (Å²) >= 11 is 19.1. The molecule has 0 bridgehead atoms. The van der Waals surface area contributed by atoms with Gasteiger partial charge < -0.3 is 19.5 Å². The van der Waals surface area contributed by atoms with Crippen LogP contribution in [-0.4, -0.2) is 13.0 Å². The summed E-state index contributed by atoms with van der Waals surface area (Å²) in [6.07, 6.45) is 1.48. The van der Waals surface area contributed by atoms with Crippen molar-refractivity contribution in [3.63, 3.8) is 0 Å². The van der Waals surface area contributed by atoms with E-state index in [0.29, 0.717) is 49.6 Å². The van der Waals surface area contributed by atoms with Crippen LogP contribution in [0.15, 0.2) is 93.4 Å². The maximum absolute atomic E-state index is 12.9. The largest absolute Gasteiger partial charge is 0.493 e. The standard InChI is InChI=1S/C31H22Br2Cl2N2O4/c1-39-29-14-20(13-27(33)30(29)41-17-19-2-5-23(32)6-3-19)12-22(16-36)31(38)37-25-8-10-26(11-9-25)40-18-21-4-7-24(34)15-28(21)35/h2-15H,17-18H2,1H3,(H,37,38)/b22-12+. The van der Waals surface area contributed by atoms with Gasteiger partial charge in [-0.05, 0) is 93.8 Å². The van der Waals surface area contributed by atoms with Crippen molar-refractivity contribution in [2.75, 3.05) is 12.4 Å². The van der Waals surface area contributed by atoms with Crippen LogP contribution in [0.1, 0.15) is 16.7 Å². The molecule has 10 heteroatoms. The van der Waals surface area contributed by atoms with Crippen LogP contribution in [-0.2, 0) is 18.0 Å². The van der Waals surface area contributed by atoms with Crippen molar-refractivity contribution in [2.45, 2.75) is 13.2 Å². The van der Waals surface area contributed by atoms with E-state index in [2.05, 4.69) is 37.2 Å². The maximum Gasteiger partial charge on any atom is 0.266 e. The van der Waals surface area contributed by atoms with Crippen molar-refractivity contribution in [1.82, 2.24) is 0 Å². The first-order valence-electron chi connectivity index (χ1n) is 12.1. The Balaban J connectivity index is 1.41. The van der Waals surface area contributed by atoms with Crippen molar-refractivity contribution in [2.24, 2.45) is 0 Å². The van der Waals surface area contributed by atoms with Gasteiger partial charge in [0.1, 0.15) is 30.6 Å². The summed E-state index contributed by atoms with van der Waals surface area (Å²) in [7, 11) is 1.52. The van der Waals surface area contributed by atoms with Crippen LogP contribution in [0, 0.1) is 11.3 Å². The summed E-state index contributed by atoms with van der Waals surface area (Å²) in [6, 6.07) is 25.2. The fourth-order valence-electron chi connectivity index (χ4n) is 3.65. The van der Waals surface area contributed by atoms with Gasteiger partial charge in [0, 0.05) is 25.8 Å². The highest BCUT2D eigenvalue weighted by molar-refractivity contribution is 9.10. The van der Waals surface area contributed by atoms with E-state index < -0.39 is 5.91 Å². The molecule has 0 radical (unpaired) electrons. The Bertz CT molecular complexity index is 1620. The monoisotopic (exact) mass is 714 g/mol. The SMILES string of the molecule is COc1cc(/C=C(\C#N)C(=O)Nc2ccc(OCc3ccc(Cl)cc3Cl)cc2)cc(Br)c1OCc1ccc(Br)cc1. The Kier molecular flexibility index (Phi) is 10.7. The van der Waals surface area contributed by atoms with Crippen LogP contribution in [0.25, 0.3) is 6.08 Å². The first-order valence-corrected chi connectivity index (χ1v) is 14.4. The molecule has 208 valence electrons. The number of carbonyl (C=O) groups is 1. The summed E-state index contributed by atoms with van der Waals surface area (Å²) in [5.74, 6) is 0.997. The summed E-state index contributed by atoms with van der Waals surface area (Å²) in [6.45, 7) is 0.595. The van der Waals surface area contributed by atoms with Crippen LogP contribution < -0.4 is 19.5 Å². The van der Waals surface area contributed by atoms with Crippen LogP contribution in [0.2, 0.25) is 10.0 Å². The Morgan fingerprint density at radius 3 is 2.34 bits per heavy atom. The van der Waals surface area contributed by atoms with Crippen molar-refractivity contribution < 1.29 is 19.0 Å². The van der Waals surface area contributed by atoms with E-state index in [9.17, 15) is 10.1 Å². The third-order valence-electron chi connectivity index (χ3n) is 5.75. The third-order valence-corrected chi connectivity index (χ3v) is 7.45. The smallest absolute Gasteiger partial charge is 0.266 e. The molecule has 0 atom stereocenters. The maximum atomic E-state index is 12.9. The number of rotatable bonds is 10. The van der Waals surface area contributed by atoms with Crippen LogP contribution >= 0.6 is 55.1 Å². The number of hydrogen-bond donors (Lipinski definition) is 1. The van der Waals surface area contributed by atoms with Gasteiger partial charge in [0.2, 0.25) is 0 Å². The molecule has 0 saturated heterocycles. The molecule has 4 rings (SSSR count). The number of carbonyl (C=O) groups excluding carboxylic acids is 1. The van der Waals surface area contributed by atoms with Gasteiger partial charge in [-0.15, -0.1) is 0 Å². The minimum Gasteiger partial charge on any atom is -0.493 e. The molecule has 0 aliphatic rings. The zero-order chi connectivity index (χ0) is 29.4. The fourth-order valence-corrected chi connectivity index (χ4v) is 4.95. The molecular formula is C31H22Br2Cl2N2O4. The zero-order valence-electron chi connectivity index (χ0n) is 21.6. The van der Waals surface area contributed by atoms with Crippen LogP contribution in [0.4, 0.5) is 5.69 Å². The molecule has 0 aliphatic heterocycles. The van der Waals surface area contributed by atoms with E-state index in [1.165, 1.54) is 13.2 Å². The number of anilines is 1. The molecule has 0 fully saturated rings. The Hall–Kier alpha value is -3.48. The number of hydrogen-bond acceptors (Lipinski definition) is 5. The Labute approximate surface area is 264 Å². The normalized spacial score (nSPS) is 11.0. The van der Waals surface area contributed by atoms with Gasteiger partial charge in [0.15, 0.2) is 11.5 Å². The molecule has 0 unspecified atom stereocenters. The number of nitriles is 1. The van der Waals surface area contributed by atoms with E-state index in [0.717, 1.165) is 15.6 Å². The molecular weight excluding hydrogens is 695 g/mol. The van der Waals surface area contributed by atoms with Crippen molar-refractivity contribution >= 4 is 72.7 Å². The first-order chi connectivity index (χ1) is 19.7. The lowest BCUT2D eigenvalue weighted by Crippen LogP contribution is -2.13. The molecule has 0 spiro atoms. The Morgan fingerprint density at radius 2 is 1.68 bits per heavy atom. The number of methoxy groups -OCH3 is 1. The minimum atomic E-state index is -0.556. The number of halogens is 4. The summed E-state index contributed by atoms with van der Waals surface area (Å²) in [5.41, 5.74) is 2.79. The Morgan fingerprint density at radius 1 is 0.951 bits per heavy atom. The number of nitrogens with one attached hydrogen (secondary N) is 1. The molecule has 0 aliphatic carbocycles. The quantitative estimate of drug-likeness (QED) is 0.131. The van der Waals surface area contributed by atoms with E-state index in [1.807, 2.05) is 30.3 Å². The average Bonchev–Trinajstić information content (AvgIpc) is 2.96. The average molecular weight is 717 g/mol. The summed E-state index contributed by atoms with van der Waals surface area (Å²) in [5, 5.41) is 13.5. The van der Waals surface area contributed by atoms with E-state index in [1.54, 1.807) is 54.6 Å². The van der Waals surface area contributed by atoms with Crippen molar-refractivity contribution in [3.8, 4) is 23.3 Å². The van der Waals surface area contributed by atoms with Gasteiger partial charge in [-0.1, -0.05) is 57.3 Å². The highest BCUT2D eigenvalue weighted by Gasteiger charge is 2.15. The molecule has 41 heavy (non-hydrogen) atoms. The van der Waals surface area contributed by atoms with Crippen molar-refractivity contribution in [3.05, 3.63) is 120 Å². The lowest BCUT2D eigenvalue weighted by atomic mass is 10.1. The predicted octanol–water partition coefficient (Wildman–Crippen LogP) is 9.23. The number of ether oxygens (including phenoxy) is 3. The molecule has 4 aromatic carbocycles. The second-order valence-electron chi connectivity index (χ2n) is 8.62. The summed E-state index contributed by atoms with van der Waals surface area (Å²) in [4.78, 5) is 12.9. The molecule has 6 nitrogen and oxygen atoms in total. The molecule has 0 heterocycles. The third kappa shape index (κ3) is 8.51. The predicted molar refractivity (Wildman–Crippen MR) is 169 cm³/mol. The van der Waals surface area contributed by atoms with Crippen LogP contribution in [0.3, 0.4) is 0 Å². The zero-order valence-corrected chi connectivity index (χ0v) is 26.3. The number of amides is 1. The minimum absolute atomic E-state index is 0.0832. The highest BCUT2D eigenvalue weighted by Crippen LogP contribution is 2.38.